The van der Waals surface area contributed by atoms with Gasteiger partial charge in [0.15, 0.2) is 5.82 Å². The van der Waals surface area contributed by atoms with Crippen molar-refractivity contribution < 1.29 is 4.39 Å². The first-order valence-corrected chi connectivity index (χ1v) is 9.54. The predicted molar refractivity (Wildman–Crippen MR) is 101 cm³/mol. The molecular formula is C19H22FN7. The Morgan fingerprint density at radius 2 is 2.00 bits per heavy atom. The highest BCUT2D eigenvalue weighted by molar-refractivity contribution is 5.82. The summed E-state index contributed by atoms with van der Waals surface area (Å²) in [6.45, 7) is 3.17. The summed E-state index contributed by atoms with van der Waals surface area (Å²) in [6.07, 6.45) is 7.54. The number of hydrogen-bond acceptors (Lipinski definition) is 6. The third-order valence-electron chi connectivity index (χ3n) is 5.53. The Morgan fingerprint density at radius 1 is 1.11 bits per heavy atom. The van der Waals surface area contributed by atoms with E-state index in [9.17, 15) is 4.39 Å². The quantitative estimate of drug-likeness (QED) is 0.765. The van der Waals surface area contributed by atoms with E-state index < -0.39 is 6.17 Å². The lowest BCUT2D eigenvalue weighted by atomic mass is 9.93. The Balaban J connectivity index is 1.51. The molecule has 0 saturated carbocycles. The summed E-state index contributed by atoms with van der Waals surface area (Å²) >= 11 is 0. The number of halogens is 1. The Morgan fingerprint density at radius 3 is 2.81 bits per heavy atom. The number of piperidine rings is 1. The van der Waals surface area contributed by atoms with Crippen LogP contribution in [-0.4, -0.2) is 57.1 Å². The Hall–Kier alpha value is -2.61. The van der Waals surface area contributed by atoms with Gasteiger partial charge in [-0.25, -0.2) is 24.0 Å². The fourth-order valence-corrected chi connectivity index (χ4v) is 4.01. The molecule has 140 valence electrons. The van der Waals surface area contributed by atoms with E-state index in [1.807, 2.05) is 23.2 Å². The summed E-state index contributed by atoms with van der Waals surface area (Å²) in [5.41, 5.74) is 2.69. The van der Waals surface area contributed by atoms with Gasteiger partial charge in [-0.2, -0.15) is 5.10 Å². The number of rotatable bonds is 3. The minimum Gasteiger partial charge on any atom is -0.354 e. The first-order chi connectivity index (χ1) is 13.3. The molecule has 2 fully saturated rings. The van der Waals surface area contributed by atoms with Gasteiger partial charge >= 0.3 is 0 Å². The molecule has 1 unspecified atom stereocenters. The number of fused-ring (bicyclic) bond motifs is 1. The molecule has 0 radical (unpaired) electrons. The van der Waals surface area contributed by atoms with Crippen molar-refractivity contribution in [1.29, 1.82) is 0 Å². The van der Waals surface area contributed by atoms with E-state index in [2.05, 4.69) is 26.6 Å². The zero-order valence-electron chi connectivity index (χ0n) is 15.1. The molecule has 1 atom stereocenters. The summed E-state index contributed by atoms with van der Waals surface area (Å²) in [5.74, 6) is 1.96. The van der Waals surface area contributed by atoms with Gasteiger partial charge in [-0.1, -0.05) is 0 Å². The average molecular weight is 367 g/mol. The Kier molecular flexibility index (Phi) is 4.20. The van der Waals surface area contributed by atoms with Crippen molar-refractivity contribution in [3.8, 4) is 5.82 Å². The third-order valence-corrected chi connectivity index (χ3v) is 5.53. The number of nitrogens with one attached hydrogen (secondary N) is 1. The maximum absolute atomic E-state index is 13.6. The second-order valence-corrected chi connectivity index (χ2v) is 7.31. The zero-order valence-corrected chi connectivity index (χ0v) is 15.1. The maximum Gasteiger partial charge on any atom is 0.183 e. The van der Waals surface area contributed by atoms with Crippen LogP contribution in [0.2, 0.25) is 0 Å². The largest absolute Gasteiger partial charge is 0.354 e. The molecule has 0 bridgehead atoms. The lowest BCUT2D eigenvalue weighted by molar-refractivity contribution is 0.364. The highest BCUT2D eigenvalue weighted by atomic mass is 19.1. The molecule has 3 aromatic heterocycles. The second-order valence-electron chi connectivity index (χ2n) is 7.31. The molecule has 7 nitrogen and oxygen atoms in total. The monoisotopic (exact) mass is 367 g/mol. The Labute approximate surface area is 156 Å². The van der Waals surface area contributed by atoms with Gasteiger partial charge in [-0.15, -0.1) is 0 Å². The number of nitrogens with zero attached hydrogens (tertiary/aromatic N) is 6. The van der Waals surface area contributed by atoms with Crippen molar-refractivity contribution >= 4 is 16.9 Å². The lowest BCUT2D eigenvalue weighted by Gasteiger charge is -2.21. The van der Waals surface area contributed by atoms with Crippen LogP contribution in [0.1, 0.15) is 30.7 Å². The van der Waals surface area contributed by atoms with Crippen LogP contribution in [-0.2, 0) is 0 Å². The van der Waals surface area contributed by atoms with Crippen molar-refractivity contribution in [1.82, 2.24) is 30.0 Å². The number of aromatic nitrogens is 5. The molecule has 2 saturated heterocycles. The molecule has 8 heteroatoms. The van der Waals surface area contributed by atoms with Crippen LogP contribution < -0.4 is 10.2 Å². The highest BCUT2D eigenvalue weighted by Gasteiger charge is 2.24. The molecule has 5 rings (SSSR count). The van der Waals surface area contributed by atoms with Crippen molar-refractivity contribution in [2.75, 3.05) is 31.1 Å². The summed E-state index contributed by atoms with van der Waals surface area (Å²) in [4.78, 5) is 15.5. The van der Waals surface area contributed by atoms with E-state index >= 15 is 0 Å². The molecule has 0 aliphatic carbocycles. The maximum atomic E-state index is 13.6. The smallest absolute Gasteiger partial charge is 0.183 e. The molecular weight excluding hydrogens is 345 g/mol. The fraction of sp³-hybridized carbons (Fsp3) is 0.474. The van der Waals surface area contributed by atoms with Crippen LogP contribution in [0, 0.1) is 0 Å². The number of pyridine rings is 1. The van der Waals surface area contributed by atoms with Crippen molar-refractivity contribution in [3.05, 3.63) is 36.4 Å². The van der Waals surface area contributed by atoms with E-state index in [1.54, 1.807) is 11.0 Å². The topological polar surface area (TPSA) is 71.8 Å². The van der Waals surface area contributed by atoms with Crippen LogP contribution in [0.5, 0.6) is 0 Å². The molecule has 3 aromatic rings. The zero-order chi connectivity index (χ0) is 18.2. The normalized spacial score (nSPS) is 21.2. The Bertz CT molecular complexity index is 950. The van der Waals surface area contributed by atoms with Gasteiger partial charge in [0, 0.05) is 12.7 Å². The first kappa shape index (κ1) is 16.6. The van der Waals surface area contributed by atoms with Crippen LogP contribution in [0.15, 0.2) is 30.9 Å². The third kappa shape index (κ3) is 3.14. The van der Waals surface area contributed by atoms with Crippen LogP contribution >= 0.6 is 0 Å². The molecule has 0 amide bonds. The summed E-state index contributed by atoms with van der Waals surface area (Å²) < 4.78 is 15.4. The van der Waals surface area contributed by atoms with Gasteiger partial charge in [0.2, 0.25) is 0 Å². The fourth-order valence-electron chi connectivity index (χ4n) is 4.01. The molecule has 0 aromatic carbocycles. The van der Waals surface area contributed by atoms with E-state index in [-0.39, 0.29) is 0 Å². The van der Waals surface area contributed by atoms with Gasteiger partial charge in [0.05, 0.1) is 18.3 Å². The minimum absolute atomic E-state index is 0.392. The molecule has 2 aliphatic heterocycles. The van der Waals surface area contributed by atoms with E-state index in [0.717, 1.165) is 37.3 Å². The highest BCUT2D eigenvalue weighted by Crippen LogP contribution is 2.27. The van der Waals surface area contributed by atoms with Gasteiger partial charge in [-0.05, 0) is 56.0 Å². The molecule has 5 heterocycles. The minimum atomic E-state index is -0.785. The molecule has 0 spiro atoms. The van der Waals surface area contributed by atoms with Crippen LogP contribution in [0.3, 0.4) is 0 Å². The lowest BCUT2D eigenvalue weighted by Crippen LogP contribution is -2.26. The molecule has 2 aliphatic rings. The number of alkyl halides is 1. The summed E-state index contributed by atoms with van der Waals surface area (Å²) in [6, 6.07) is 3.83. The standard InChI is InChI=1S/C19H22FN7/c20-15-5-8-26(11-15)17-2-1-16-18(25-17)19(23-12-22-16)27-10-14(9-24-27)13-3-6-21-7-4-13/h1-2,9-10,12-13,15,21H,3-8,11H2. The first-order valence-electron chi connectivity index (χ1n) is 9.54. The predicted octanol–water partition coefficient (Wildman–Crippen LogP) is 2.23. The van der Waals surface area contributed by atoms with Crippen molar-refractivity contribution in [2.24, 2.45) is 0 Å². The van der Waals surface area contributed by atoms with E-state index in [0.29, 0.717) is 36.8 Å². The average Bonchev–Trinajstić information content (AvgIpc) is 3.37. The van der Waals surface area contributed by atoms with Gasteiger partial charge in [0.1, 0.15) is 23.8 Å². The second kappa shape index (κ2) is 6.84. The number of anilines is 1. The van der Waals surface area contributed by atoms with Crippen molar-refractivity contribution in [3.63, 3.8) is 0 Å². The summed E-state index contributed by atoms with van der Waals surface area (Å²) in [5, 5.41) is 7.94. The number of hydrogen-bond donors (Lipinski definition) is 1. The molecule has 27 heavy (non-hydrogen) atoms. The van der Waals surface area contributed by atoms with Crippen molar-refractivity contribution in [2.45, 2.75) is 31.4 Å². The van der Waals surface area contributed by atoms with Crippen LogP contribution in [0.4, 0.5) is 10.2 Å². The van der Waals surface area contributed by atoms with Gasteiger partial charge in [-0.3, -0.25) is 0 Å². The van der Waals surface area contributed by atoms with E-state index in [1.165, 1.54) is 5.56 Å². The SMILES string of the molecule is FC1CCN(c2ccc3ncnc(-n4cc(C5CCNCC5)cn4)c3n2)C1. The van der Waals surface area contributed by atoms with E-state index in [4.69, 9.17) is 4.98 Å². The summed E-state index contributed by atoms with van der Waals surface area (Å²) in [7, 11) is 0. The van der Waals surface area contributed by atoms with Gasteiger partial charge in [0.25, 0.3) is 0 Å². The molecule has 1 N–H and O–H groups in total. The van der Waals surface area contributed by atoms with Crippen LogP contribution in [0.25, 0.3) is 16.9 Å². The van der Waals surface area contributed by atoms with Gasteiger partial charge < -0.3 is 10.2 Å².